The number of likely N-dealkylation sites (N-methyl/N-ethyl adjacent to an activating group) is 2. The molecule has 2 atom stereocenters. The Morgan fingerprint density at radius 1 is 0.615 bits per heavy atom. The SMILES string of the molecule is CCC1C(=O)N(C)c2cnc(-n3ccnc3-c3ccc(F)cc3)nc2N1c1ccccc1.CCC1C(=O)N(C)c2cnc(Cl)nc2N1c1ccccc1.Fc1ccc(-c2ncc[nH]2)cc1. The number of para-hydroxylation sites is 2. The van der Waals surface area contributed by atoms with Crippen LogP contribution in [0.4, 0.5) is 43.2 Å². The van der Waals surface area contributed by atoms with E-state index in [4.69, 9.17) is 16.6 Å². The van der Waals surface area contributed by atoms with Crippen LogP contribution in [-0.4, -0.2) is 77.4 Å². The van der Waals surface area contributed by atoms with Crippen molar-refractivity contribution >= 4 is 57.8 Å². The first-order chi connectivity index (χ1) is 31.6. The highest BCUT2D eigenvalue weighted by Crippen LogP contribution is 2.41. The van der Waals surface area contributed by atoms with Gasteiger partial charge in [0.1, 0.15) is 46.7 Å². The lowest BCUT2D eigenvalue weighted by atomic mass is 10.1. The van der Waals surface area contributed by atoms with E-state index in [-0.39, 0.29) is 40.8 Å². The Morgan fingerprint density at radius 2 is 1.12 bits per heavy atom. The molecule has 0 bridgehead atoms. The maximum atomic E-state index is 13.4. The highest BCUT2D eigenvalue weighted by atomic mass is 35.5. The zero-order chi connectivity index (χ0) is 45.6. The van der Waals surface area contributed by atoms with Crippen molar-refractivity contribution in [2.24, 2.45) is 0 Å². The van der Waals surface area contributed by atoms with Gasteiger partial charge < -0.3 is 24.6 Å². The van der Waals surface area contributed by atoms with Crippen molar-refractivity contribution in [3.05, 3.63) is 163 Å². The fourth-order valence-electron chi connectivity index (χ4n) is 7.65. The van der Waals surface area contributed by atoms with E-state index in [1.54, 1.807) is 89.9 Å². The van der Waals surface area contributed by atoms with Crippen molar-refractivity contribution in [3.8, 4) is 28.7 Å². The van der Waals surface area contributed by atoms with E-state index < -0.39 is 0 Å². The molecule has 328 valence electrons. The Balaban J connectivity index is 0.000000149. The fraction of sp³-hybridized carbons (Fsp3) is 0.167. The van der Waals surface area contributed by atoms with Crippen LogP contribution in [0.1, 0.15) is 26.7 Å². The summed E-state index contributed by atoms with van der Waals surface area (Å²) in [5, 5.41) is 0.173. The highest BCUT2D eigenvalue weighted by Gasteiger charge is 2.39. The van der Waals surface area contributed by atoms with Crippen LogP contribution in [0.25, 0.3) is 28.7 Å². The molecule has 8 aromatic rings. The van der Waals surface area contributed by atoms with Gasteiger partial charge in [0.25, 0.3) is 0 Å². The quantitative estimate of drug-likeness (QED) is 0.154. The molecule has 0 radical (unpaired) electrons. The van der Waals surface area contributed by atoms with Gasteiger partial charge in [-0.05, 0) is 97.2 Å². The third-order valence-electron chi connectivity index (χ3n) is 10.9. The Hall–Kier alpha value is -7.85. The molecule has 4 aromatic heterocycles. The molecule has 2 amide bonds. The van der Waals surface area contributed by atoms with Crippen LogP contribution in [0.5, 0.6) is 0 Å². The van der Waals surface area contributed by atoms with Crippen molar-refractivity contribution in [1.82, 2.24) is 39.5 Å². The zero-order valence-corrected chi connectivity index (χ0v) is 36.6. The van der Waals surface area contributed by atoms with Gasteiger partial charge >= 0.3 is 0 Å². The number of anilines is 6. The van der Waals surface area contributed by atoms with Gasteiger partial charge in [0.2, 0.25) is 23.0 Å². The number of fused-ring (bicyclic) bond motifs is 2. The van der Waals surface area contributed by atoms with Gasteiger partial charge in [0, 0.05) is 61.4 Å². The lowest BCUT2D eigenvalue weighted by Gasteiger charge is -2.40. The maximum absolute atomic E-state index is 13.4. The third kappa shape index (κ3) is 9.01. The first kappa shape index (κ1) is 43.8. The number of aromatic amines is 1. The normalized spacial score (nSPS) is 15.4. The predicted molar refractivity (Wildman–Crippen MR) is 248 cm³/mol. The first-order valence-corrected chi connectivity index (χ1v) is 21.1. The predicted octanol–water partition coefficient (Wildman–Crippen LogP) is 9.60. The number of H-pyrrole nitrogens is 1. The van der Waals surface area contributed by atoms with Gasteiger partial charge in [-0.15, -0.1) is 0 Å². The average Bonchev–Trinajstić information content (AvgIpc) is 4.07. The molecule has 17 heteroatoms. The van der Waals surface area contributed by atoms with Crippen molar-refractivity contribution < 1.29 is 18.4 Å². The molecule has 0 saturated carbocycles. The van der Waals surface area contributed by atoms with Crippen LogP contribution < -0.4 is 19.6 Å². The molecule has 65 heavy (non-hydrogen) atoms. The lowest BCUT2D eigenvalue weighted by Crippen LogP contribution is -2.50. The molecule has 2 unspecified atom stereocenters. The summed E-state index contributed by atoms with van der Waals surface area (Å²) in [5.74, 6) is 2.57. The van der Waals surface area contributed by atoms with Crippen molar-refractivity contribution in [2.45, 2.75) is 38.8 Å². The average molecular weight is 893 g/mol. The lowest BCUT2D eigenvalue weighted by molar-refractivity contribution is -0.120. The first-order valence-electron chi connectivity index (χ1n) is 20.8. The van der Waals surface area contributed by atoms with Crippen LogP contribution in [0, 0.1) is 11.6 Å². The Morgan fingerprint density at radius 3 is 1.63 bits per heavy atom. The van der Waals surface area contributed by atoms with Crippen molar-refractivity contribution in [2.75, 3.05) is 33.7 Å². The Bertz CT molecular complexity index is 2890. The minimum absolute atomic E-state index is 0.00478. The number of nitrogens with zero attached hydrogens (tertiary/aromatic N) is 11. The molecule has 4 aromatic carbocycles. The second kappa shape index (κ2) is 19.3. The van der Waals surface area contributed by atoms with E-state index in [1.165, 1.54) is 24.3 Å². The van der Waals surface area contributed by atoms with Gasteiger partial charge in [-0.1, -0.05) is 50.2 Å². The summed E-state index contributed by atoms with van der Waals surface area (Å²) in [6.45, 7) is 3.97. The monoisotopic (exact) mass is 892 g/mol. The molecule has 0 aliphatic carbocycles. The van der Waals surface area contributed by atoms with Gasteiger partial charge in [-0.2, -0.15) is 9.97 Å². The number of rotatable bonds is 7. The molecular weight excluding hydrogens is 850 g/mol. The second-order valence-electron chi connectivity index (χ2n) is 14.9. The third-order valence-corrected chi connectivity index (χ3v) is 11.1. The van der Waals surface area contributed by atoms with Crippen LogP contribution in [0.3, 0.4) is 0 Å². The van der Waals surface area contributed by atoms with Gasteiger partial charge in [-0.25, -0.2) is 28.7 Å². The van der Waals surface area contributed by atoms with Crippen molar-refractivity contribution in [3.63, 3.8) is 0 Å². The van der Waals surface area contributed by atoms with Crippen LogP contribution in [0.15, 0.2) is 146 Å². The number of nitrogens with one attached hydrogen (secondary N) is 1. The molecule has 6 heterocycles. The fourth-order valence-corrected chi connectivity index (χ4v) is 7.78. The number of halogens is 3. The molecular formula is C48H43ClF2N12O2. The minimum Gasteiger partial charge on any atom is -0.345 e. The van der Waals surface area contributed by atoms with E-state index in [0.29, 0.717) is 47.6 Å². The van der Waals surface area contributed by atoms with Crippen molar-refractivity contribution in [1.29, 1.82) is 0 Å². The summed E-state index contributed by atoms with van der Waals surface area (Å²) in [6.07, 6.45) is 11.4. The number of hydrogen-bond donors (Lipinski definition) is 1. The molecule has 1 N–H and O–H groups in total. The summed E-state index contributed by atoms with van der Waals surface area (Å²) in [6, 6.07) is 31.1. The zero-order valence-electron chi connectivity index (χ0n) is 35.8. The summed E-state index contributed by atoms with van der Waals surface area (Å²) < 4.78 is 27.6. The standard InChI is InChI=1S/C24H21FN6O.C15H15ClN4O.C9H7FN2/c1-3-19-23(32)29(2)20-15-27-24(28-22(20)31(19)18-7-5-4-6-8-18)30-14-13-26-21(30)16-9-11-17(25)12-10-16;1-3-11-14(21)19(2)12-9-17-15(16)18-13(12)20(11)10-7-5-4-6-8-10;10-8-3-1-7(2-4-8)9-11-5-6-12-9/h4-15,19H,3H2,1-2H3;4-9,11H,3H2,1-2H3;1-6H,(H,11,12). The molecule has 10 rings (SSSR count). The van der Waals surface area contributed by atoms with Crippen LogP contribution in [0.2, 0.25) is 5.28 Å². The summed E-state index contributed by atoms with van der Waals surface area (Å²) in [7, 11) is 3.49. The molecule has 0 saturated heterocycles. The smallest absolute Gasteiger partial charge is 0.250 e. The Kier molecular flexibility index (Phi) is 13.0. The molecule has 2 aliphatic heterocycles. The maximum Gasteiger partial charge on any atom is 0.250 e. The number of hydrogen-bond acceptors (Lipinski definition) is 10. The van der Waals surface area contributed by atoms with E-state index in [1.807, 2.05) is 84.3 Å². The molecule has 0 fully saturated rings. The molecule has 0 spiro atoms. The van der Waals surface area contributed by atoms with Crippen LogP contribution >= 0.6 is 11.6 Å². The van der Waals surface area contributed by atoms with E-state index in [9.17, 15) is 18.4 Å². The van der Waals surface area contributed by atoms with Gasteiger partial charge in [0.15, 0.2) is 11.6 Å². The number of carbonyl (C=O) groups excluding carboxylic acids is 2. The number of aromatic nitrogens is 8. The van der Waals surface area contributed by atoms with E-state index in [0.717, 1.165) is 28.3 Å². The Labute approximate surface area is 378 Å². The van der Waals surface area contributed by atoms with Gasteiger partial charge in [0.05, 0.1) is 12.4 Å². The summed E-state index contributed by atoms with van der Waals surface area (Å²) in [4.78, 5) is 61.9. The highest BCUT2D eigenvalue weighted by molar-refractivity contribution is 6.28. The molecule has 14 nitrogen and oxygen atoms in total. The number of carbonyl (C=O) groups is 2. The number of amides is 2. The largest absolute Gasteiger partial charge is 0.345 e. The summed E-state index contributed by atoms with van der Waals surface area (Å²) >= 11 is 5.95. The number of benzene rings is 4. The molecule has 2 aliphatic rings. The van der Waals surface area contributed by atoms with E-state index in [2.05, 4.69) is 29.9 Å². The van der Waals surface area contributed by atoms with Gasteiger partial charge in [-0.3, -0.25) is 14.2 Å². The minimum atomic E-state index is -0.378. The summed E-state index contributed by atoms with van der Waals surface area (Å²) in [5.41, 5.74) is 4.74. The second-order valence-corrected chi connectivity index (χ2v) is 15.2. The number of imidazole rings is 2. The van der Waals surface area contributed by atoms with Crippen LogP contribution in [-0.2, 0) is 9.59 Å². The van der Waals surface area contributed by atoms with E-state index >= 15 is 0 Å². The topological polar surface area (TPSA) is 145 Å².